The first-order valence-electron chi connectivity index (χ1n) is 9.23. The van der Waals surface area contributed by atoms with Crippen LogP contribution in [0, 0.1) is 11.8 Å². The first kappa shape index (κ1) is 19.3. The number of aliphatic hydroxyl groups is 2. The van der Waals surface area contributed by atoms with Gasteiger partial charge in [-0.15, -0.1) is 0 Å². The molecule has 3 aliphatic heterocycles. The second kappa shape index (κ2) is 7.07. The van der Waals surface area contributed by atoms with E-state index in [4.69, 9.17) is 0 Å². The van der Waals surface area contributed by atoms with E-state index in [1.807, 2.05) is 25.3 Å². The van der Waals surface area contributed by atoms with Crippen molar-refractivity contribution in [1.29, 1.82) is 0 Å². The molecule has 4 rings (SSSR count). The second-order valence-electron chi connectivity index (χ2n) is 7.49. The Kier molecular flexibility index (Phi) is 4.86. The van der Waals surface area contributed by atoms with Gasteiger partial charge in [0, 0.05) is 29.6 Å². The molecule has 150 valence electrons. The number of carbonyl (C=O) groups excluding carboxylic acids is 1. The van der Waals surface area contributed by atoms with Crippen molar-refractivity contribution in [1.82, 2.24) is 15.2 Å². The molecule has 1 amide bonds. The molecule has 1 aromatic heterocycles. The lowest BCUT2D eigenvalue weighted by molar-refractivity contribution is -0.163. The molecule has 1 fully saturated rings. The Morgan fingerprint density at radius 1 is 1.46 bits per heavy atom. The Labute approximate surface area is 166 Å². The van der Waals surface area contributed by atoms with E-state index < -0.39 is 18.0 Å². The number of thioether (sulfide) groups is 1. The van der Waals surface area contributed by atoms with Crippen LogP contribution in [0.5, 0.6) is 0 Å². The number of fused-ring (bicyclic) bond motifs is 1. The van der Waals surface area contributed by atoms with Gasteiger partial charge in [0.05, 0.1) is 29.7 Å². The standard InChI is InChI=1S/C19H23N3O5S/c1-8-15-14(9(2)24)18(25)22(15)16(19(26)27)17(8)28-13-4-11(6-21-13)10-3-12(7-23)20-5-10/h3-4,6,8-9,12,14-15,20-21,23-24H,5,7H2,1-2H3,(H,26,27)/t8-,9-,12-,14-,15-/m1/s1. The smallest absolute Gasteiger partial charge is 0.353 e. The maximum Gasteiger partial charge on any atom is 0.353 e. The fourth-order valence-electron chi connectivity index (χ4n) is 4.31. The summed E-state index contributed by atoms with van der Waals surface area (Å²) in [6.07, 6.45) is 3.03. The molecule has 9 heteroatoms. The predicted octanol–water partition coefficient (Wildman–Crippen LogP) is 0.608. The molecule has 0 aromatic carbocycles. The third kappa shape index (κ3) is 2.89. The minimum absolute atomic E-state index is 0.0163. The minimum atomic E-state index is -1.13. The number of carbonyl (C=O) groups is 2. The van der Waals surface area contributed by atoms with Crippen LogP contribution in [0.25, 0.3) is 5.57 Å². The van der Waals surface area contributed by atoms with Gasteiger partial charge in [0.25, 0.3) is 0 Å². The van der Waals surface area contributed by atoms with Gasteiger partial charge in [0.2, 0.25) is 5.91 Å². The van der Waals surface area contributed by atoms with Crippen molar-refractivity contribution >= 4 is 29.2 Å². The van der Waals surface area contributed by atoms with Gasteiger partial charge in [-0.2, -0.15) is 0 Å². The van der Waals surface area contributed by atoms with Gasteiger partial charge in [0.1, 0.15) is 5.70 Å². The van der Waals surface area contributed by atoms with Crippen LogP contribution < -0.4 is 5.32 Å². The van der Waals surface area contributed by atoms with Crippen molar-refractivity contribution < 1.29 is 24.9 Å². The predicted molar refractivity (Wildman–Crippen MR) is 103 cm³/mol. The van der Waals surface area contributed by atoms with Crippen molar-refractivity contribution in [3.8, 4) is 0 Å². The monoisotopic (exact) mass is 405 g/mol. The Hall–Kier alpha value is -2.07. The first-order valence-corrected chi connectivity index (χ1v) is 10.0. The molecule has 28 heavy (non-hydrogen) atoms. The van der Waals surface area contributed by atoms with E-state index in [1.165, 1.54) is 16.7 Å². The summed E-state index contributed by atoms with van der Waals surface area (Å²) < 4.78 is 0. The normalized spacial score (nSPS) is 30.4. The Morgan fingerprint density at radius 2 is 2.21 bits per heavy atom. The van der Waals surface area contributed by atoms with Gasteiger partial charge >= 0.3 is 5.97 Å². The SMILES string of the molecule is C[C@@H](O)[C@H]1C(=O)N2C(C(=O)O)=C(Sc3cc(C4=C[C@H](CO)NC4)c[nH]3)[C@H](C)[C@H]12. The van der Waals surface area contributed by atoms with Crippen LogP contribution in [0.3, 0.4) is 0 Å². The second-order valence-corrected chi connectivity index (χ2v) is 8.57. The molecule has 0 saturated carbocycles. The van der Waals surface area contributed by atoms with Crippen LogP contribution in [0.1, 0.15) is 19.4 Å². The van der Waals surface area contributed by atoms with E-state index >= 15 is 0 Å². The lowest BCUT2D eigenvalue weighted by Gasteiger charge is -2.46. The summed E-state index contributed by atoms with van der Waals surface area (Å²) in [6.45, 7) is 4.17. The summed E-state index contributed by atoms with van der Waals surface area (Å²) in [4.78, 5) is 29.4. The number of H-pyrrole nitrogens is 1. The van der Waals surface area contributed by atoms with Gasteiger partial charge in [0.15, 0.2) is 0 Å². The summed E-state index contributed by atoms with van der Waals surface area (Å²) in [5, 5.41) is 32.8. The quantitative estimate of drug-likeness (QED) is 0.439. The zero-order valence-electron chi connectivity index (χ0n) is 15.5. The Balaban J connectivity index is 1.59. The molecule has 1 aromatic rings. The van der Waals surface area contributed by atoms with Crippen molar-refractivity contribution in [3.63, 3.8) is 0 Å². The lowest BCUT2D eigenvalue weighted by atomic mass is 9.79. The number of rotatable bonds is 6. The Morgan fingerprint density at radius 3 is 2.82 bits per heavy atom. The lowest BCUT2D eigenvalue weighted by Crippen LogP contribution is -2.63. The topological polar surface area (TPSA) is 126 Å². The molecular formula is C19H23N3O5S. The van der Waals surface area contributed by atoms with E-state index in [9.17, 15) is 24.9 Å². The van der Waals surface area contributed by atoms with Gasteiger partial charge in [-0.3, -0.25) is 4.79 Å². The van der Waals surface area contributed by atoms with Crippen molar-refractivity contribution in [2.24, 2.45) is 11.8 Å². The molecule has 4 heterocycles. The molecule has 5 N–H and O–H groups in total. The highest BCUT2D eigenvalue weighted by molar-refractivity contribution is 8.03. The number of carboxylic acid groups (broad SMARTS) is 1. The Bertz CT molecular complexity index is 890. The number of nitrogens with one attached hydrogen (secondary N) is 2. The highest BCUT2D eigenvalue weighted by atomic mass is 32.2. The minimum Gasteiger partial charge on any atom is -0.477 e. The number of aliphatic hydroxyl groups excluding tert-OH is 2. The van der Waals surface area contributed by atoms with E-state index in [0.29, 0.717) is 11.4 Å². The van der Waals surface area contributed by atoms with E-state index in [1.54, 1.807) is 6.92 Å². The van der Waals surface area contributed by atoms with Crippen LogP contribution in [0.2, 0.25) is 0 Å². The highest BCUT2D eigenvalue weighted by Gasteiger charge is 2.60. The van der Waals surface area contributed by atoms with Crippen LogP contribution in [0.15, 0.2) is 34.0 Å². The van der Waals surface area contributed by atoms with Gasteiger partial charge in [-0.05, 0) is 24.1 Å². The average molecular weight is 405 g/mol. The molecule has 0 unspecified atom stereocenters. The number of carboxylic acids is 1. The molecule has 0 aliphatic carbocycles. The summed E-state index contributed by atoms with van der Waals surface area (Å²) in [6, 6.07) is 1.58. The molecular weight excluding hydrogens is 382 g/mol. The fourth-order valence-corrected chi connectivity index (χ4v) is 5.46. The van der Waals surface area contributed by atoms with Crippen LogP contribution in [-0.2, 0) is 9.59 Å². The molecule has 0 bridgehead atoms. The molecule has 0 radical (unpaired) electrons. The molecule has 5 atom stereocenters. The average Bonchev–Trinajstić information content (AvgIpc) is 3.33. The maximum atomic E-state index is 12.4. The number of nitrogens with zero attached hydrogens (tertiary/aromatic N) is 1. The van der Waals surface area contributed by atoms with Gasteiger partial charge in [-0.1, -0.05) is 24.8 Å². The van der Waals surface area contributed by atoms with Crippen LogP contribution >= 0.6 is 11.8 Å². The third-order valence-corrected chi connectivity index (χ3v) is 6.95. The molecule has 0 spiro atoms. The summed E-state index contributed by atoms with van der Waals surface area (Å²) >= 11 is 1.32. The van der Waals surface area contributed by atoms with Crippen molar-refractivity contribution in [3.05, 3.63) is 34.5 Å². The van der Waals surface area contributed by atoms with Gasteiger partial charge in [-0.25, -0.2) is 4.79 Å². The zero-order chi connectivity index (χ0) is 20.2. The summed E-state index contributed by atoms with van der Waals surface area (Å²) in [5.41, 5.74) is 2.07. The number of hydrogen-bond acceptors (Lipinski definition) is 6. The van der Waals surface area contributed by atoms with E-state index in [0.717, 1.165) is 16.2 Å². The van der Waals surface area contributed by atoms with E-state index in [-0.39, 0.29) is 36.2 Å². The number of aromatic amines is 1. The summed E-state index contributed by atoms with van der Waals surface area (Å²) in [5.74, 6) is -2.20. The van der Waals surface area contributed by atoms with Crippen LogP contribution in [-0.4, -0.2) is 68.4 Å². The maximum absolute atomic E-state index is 12.4. The number of aliphatic carboxylic acids is 1. The zero-order valence-corrected chi connectivity index (χ0v) is 16.4. The highest BCUT2D eigenvalue weighted by Crippen LogP contribution is 2.51. The van der Waals surface area contributed by atoms with Gasteiger partial charge < -0.3 is 30.5 Å². The summed E-state index contributed by atoms with van der Waals surface area (Å²) in [7, 11) is 0. The molecule has 1 saturated heterocycles. The number of hydrogen-bond donors (Lipinski definition) is 5. The molecule has 8 nitrogen and oxygen atoms in total. The fraction of sp³-hybridized carbons (Fsp3) is 0.474. The van der Waals surface area contributed by atoms with Crippen LogP contribution in [0.4, 0.5) is 0 Å². The number of amides is 1. The first-order chi connectivity index (χ1) is 13.3. The van der Waals surface area contributed by atoms with E-state index in [2.05, 4.69) is 10.3 Å². The van der Waals surface area contributed by atoms with Crippen molar-refractivity contribution in [2.75, 3.05) is 13.2 Å². The number of β-lactam (4-membered cyclic amide) rings is 1. The largest absolute Gasteiger partial charge is 0.477 e. The number of aromatic nitrogens is 1. The molecule has 3 aliphatic rings. The van der Waals surface area contributed by atoms with Crippen molar-refractivity contribution in [2.45, 2.75) is 37.1 Å². The third-order valence-electron chi connectivity index (χ3n) is 5.71.